The normalized spacial score (nSPS) is 20.2. The van der Waals surface area contributed by atoms with Gasteiger partial charge in [0.25, 0.3) is 0 Å². The molecule has 1 aliphatic rings. The van der Waals surface area contributed by atoms with Gasteiger partial charge in [-0.05, 0) is 43.5 Å². The second-order valence-corrected chi connectivity index (χ2v) is 5.73. The molecule has 0 saturated heterocycles. The molecule has 3 rings (SSSR count). The van der Waals surface area contributed by atoms with Crippen LogP contribution in [0.25, 0.3) is 0 Å². The fourth-order valence-corrected chi connectivity index (χ4v) is 2.99. The Balaban J connectivity index is 1.75. The van der Waals surface area contributed by atoms with E-state index >= 15 is 0 Å². The maximum atomic E-state index is 12.8. The highest BCUT2D eigenvalue weighted by Crippen LogP contribution is 2.49. The second-order valence-electron chi connectivity index (χ2n) is 5.73. The van der Waals surface area contributed by atoms with Crippen LogP contribution in [0, 0.1) is 5.92 Å². The maximum Gasteiger partial charge on any atom is 0.166 e. The first-order chi connectivity index (χ1) is 10.3. The number of benzene rings is 2. The van der Waals surface area contributed by atoms with Crippen LogP contribution in [0.5, 0.6) is 0 Å². The number of Topliss-reactive ketones (excluding diaryl/α,β-unsaturated/α-hetero) is 1. The van der Waals surface area contributed by atoms with Gasteiger partial charge >= 0.3 is 0 Å². The highest BCUT2D eigenvalue weighted by Gasteiger charge is 2.44. The van der Waals surface area contributed by atoms with Crippen LogP contribution >= 0.6 is 0 Å². The Morgan fingerprint density at radius 1 is 1.10 bits per heavy atom. The minimum Gasteiger partial charge on any atom is -0.319 e. The molecule has 2 aromatic carbocycles. The number of carbonyl (C=O) groups excluding carboxylic acids is 1. The summed E-state index contributed by atoms with van der Waals surface area (Å²) in [6.45, 7) is 0.900. The summed E-state index contributed by atoms with van der Waals surface area (Å²) in [4.78, 5) is 12.8. The van der Waals surface area contributed by atoms with E-state index < -0.39 is 0 Å². The Kier molecular flexibility index (Phi) is 4.16. The van der Waals surface area contributed by atoms with Gasteiger partial charge in [0, 0.05) is 11.5 Å². The smallest absolute Gasteiger partial charge is 0.166 e. The minimum atomic E-state index is 0.170. The molecule has 2 unspecified atom stereocenters. The molecule has 1 aliphatic carbocycles. The number of hydrogen-bond donors (Lipinski definition) is 1. The predicted octanol–water partition coefficient (Wildman–Crippen LogP) is 3.43. The molecule has 2 nitrogen and oxygen atoms in total. The highest BCUT2D eigenvalue weighted by molar-refractivity contribution is 6.01. The zero-order valence-electron chi connectivity index (χ0n) is 12.4. The van der Waals surface area contributed by atoms with Crippen molar-refractivity contribution in [3.63, 3.8) is 0 Å². The number of nitrogens with one attached hydrogen (secondary N) is 1. The van der Waals surface area contributed by atoms with Gasteiger partial charge < -0.3 is 5.32 Å². The lowest BCUT2D eigenvalue weighted by molar-refractivity contribution is 0.0964. The number of likely N-dealkylation sites (N-methyl/N-ethyl adjacent to an activating group) is 1. The lowest BCUT2D eigenvalue weighted by Crippen LogP contribution is -2.14. The van der Waals surface area contributed by atoms with E-state index in [4.69, 9.17) is 0 Å². The fraction of sp³-hybridized carbons (Fsp3) is 0.316. The molecule has 21 heavy (non-hydrogen) atoms. The SMILES string of the molecule is CNCCc1ccccc1C(=O)C1CC1c1ccccc1. The fourth-order valence-electron chi connectivity index (χ4n) is 2.99. The molecule has 0 amide bonds. The lowest BCUT2D eigenvalue weighted by atomic mass is 9.97. The number of rotatable bonds is 6. The van der Waals surface area contributed by atoms with Crippen LogP contribution < -0.4 is 5.32 Å². The van der Waals surface area contributed by atoms with E-state index in [9.17, 15) is 4.79 Å². The molecule has 0 radical (unpaired) electrons. The van der Waals surface area contributed by atoms with Gasteiger partial charge in [-0.1, -0.05) is 54.6 Å². The predicted molar refractivity (Wildman–Crippen MR) is 85.7 cm³/mol. The summed E-state index contributed by atoms with van der Waals surface area (Å²) in [5, 5.41) is 3.15. The van der Waals surface area contributed by atoms with Gasteiger partial charge in [0.1, 0.15) is 0 Å². The topological polar surface area (TPSA) is 29.1 Å². The molecule has 0 aliphatic heterocycles. The third kappa shape index (κ3) is 3.06. The van der Waals surface area contributed by atoms with Crippen LogP contribution in [-0.2, 0) is 6.42 Å². The molecular formula is C19H21NO. The minimum absolute atomic E-state index is 0.170. The Morgan fingerprint density at radius 2 is 1.81 bits per heavy atom. The van der Waals surface area contributed by atoms with E-state index in [0.29, 0.717) is 11.7 Å². The average molecular weight is 279 g/mol. The summed E-state index contributed by atoms with van der Waals surface area (Å²) in [7, 11) is 1.94. The van der Waals surface area contributed by atoms with E-state index in [1.54, 1.807) is 0 Å². The monoisotopic (exact) mass is 279 g/mol. The summed E-state index contributed by atoms with van der Waals surface area (Å²) >= 11 is 0. The molecule has 0 spiro atoms. The molecule has 2 heteroatoms. The van der Waals surface area contributed by atoms with Gasteiger partial charge in [0.15, 0.2) is 5.78 Å². The highest BCUT2D eigenvalue weighted by atomic mass is 16.1. The van der Waals surface area contributed by atoms with E-state index in [0.717, 1.165) is 30.5 Å². The molecule has 2 aromatic rings. The molecule has 1 N–H and O–H groups in total. The molecule has 0 heterocycles. The first-order valence-electron chi connectivity index (χ1n) is 7.63. The van der Waals surface area contributed by atoms with Crippen LogP contribution in [0.4, 0.5) is 0 Å². The molecular weight excluding hydrogens is 258 g/mol. The molecule has 108 valence electrons. The molecule has 0 aromatic heterocycles. The van der Waals surface area contributed by atoms with Crippen LogP contribution in [0.3, 0.4) is 0 Å². The van der Waals surface area contributed by atoms with Gasteiger partial charge in [-0.25, -0.2) is 0 Å². The summed E-state index contributed by atoms with van der Waals surface area (Å²) in [5.74, 6) is 0.898. The summed E-state index contributed by atoms with van der Waals surface area (Å²) < 4.78 is 0. The van der Waals surface area contributed by atoms with Gasteiger partial charge in [0.05, 0.1) is 0 Å². The third-order valence-electron chi connectivity index (χ3n) is 4.28. The van der Waals surface area contributed by atoms with Crippen molar-refractivity contribution >= 4 is 5.78 Å². The van der Waals surface area contributed by atoms with Crippen LogP contribution in [0.15, 0.2) is 54.6 Å². The van der Waals surface area contributed by atoms with Crippen molar-refractivity contribution in [2.24, 2.45) is 5.92 Å². The van der Waals surface area contributed by atoms with E-state index in [2.05, 4.69) is 35.6 Å². The van der Waals surface area contributed by atoms with Crippen molar-refractivity contribution in [2.75, 3.05) is 13.6 Å². The number of ketones is 1. The Labute approximate surface area is 126 Å². The zero-order valence-corrected chi connectivity index (χ0v) is 12.4. The molecule has 2 atom stereocenters. The molecule has 1 fully saturated rings. The van der Waals surface area contributed by atoms with E-state index in [1.807, 2.05) is 31.3 Å². The first kappa shape index (κ1) is 14.0. The Bertz CT molecular complexity index is 620. The summed E-state index contributed by atoms with van der Waals surface area (Å²) in [5.41, 5.74) is 3.37. The standard InChI is InChI=1S/C19H21NO/c1-20-12-11-15-9-5-6-10-16(15)19(21)18-13-17(18)14-7-3-2-4-8-14/h2-10,17-18,20H,11-13H2,1H3. The van der Waals surface area contributed by atoms with Crippen LogP contribution in [0.1, 0.15) is 33.8 Å². The maximum absolute atomic E-state index is 12.8. The van der Waals surface area contributed by atoms with Gasteiger partial charge in [-0.15, -0.1) is 0 Å². The number of hydrogen-bond acceptors (Lipinski definition) is 2. The first-order valence-corrected chi connectivity index (χ1v) is 7.63. The van der Waals surface area contributed by atoms with Crippen molar-refractivity contribution in [3.8, 4) is 0 Å². The van der Waals surface area contributed by atoms with E-state index in [-0.39, 0.29) is 5.92 Å². The lowest BCUT2D eigenvalue weighted by Gasteiger charge is -2.08. The van der Waals surface area contributed by atoms with Crippen molar-refractivity contribution in [1.82, 2.24) is 5.32 Å². The van der Waals surface area contributed by atoms with Crippen molar-refractivity contribution in [2.45, 2.75) is 18.8 Å². The van der Waals surface area contributed by atoms with Crippen molar-refractivity contribution in [3.05, 3.63) is 71.3 Å². The molecule has 1 saturated carbocycles. The van der Waals surface area contributed by atoms with Crippen molar-refractivity contribution in [1.29, 1.82) is 0 Å². The zero-order chi connectivity index (χ0) is 14.7. The Hall–Kier alpha value is -1.93. The van der Waals surface area contributed by atoms with Crippen molar-refractivity contribution < 1.29 is 4.79 Å². The summed E-state index contributed by atoms with van der Waals surface area (Å²) in [6, 6.07) is 18.4. The van der Waals surface area contributed by atoms with Gasteiger partial charge in [0.2, 0.25) is 0 Å². The van der Waals surface area contributed by atoms with Crippen LogP contribution in [-0.4, -0.2) is 19.4 Å². The second kappa shape index (κ2) is 6.23. The number of carbonyl (C=O) groups is 1. The van der Waals surface area contributed by atoms with Crippen LogP contribution in [0.2, 0.25) is 0 Å². The van der Waals surface area contributed by atoms with Gasteiger partial charge in [-0.3, -0.25) is 4.79 Å². The van der Waals surface area contributed by atoms with Gasteiger partial charge in [-0.2, -0.15) is 0 Å². The Morgan fingerprint density at radius 3 is 2.57 bits per heavy atom. The molecule has 0 bridgehead atoms. The largest absolute Gasteiger partial charge is 0.319 e. The third-order valence-corrected chi connectivity index (χ3v) is 4.28. The average Bonchev–Trinajstić information content (AvgIpc) is 3.34. The summed E-state index contributed by atoms with van der Waals surface area (Å²) in [6.07, 6.45) is 1.89. The quantitative estimate of drug-likeness (QED) is 0.821. The van der Waals surface area contributed by atoms with E-state index in [1.165, 1.54) is 5.56 Å².